The van der Waals surface area contributed by atoms with Gasteiger partial charge in [-0.05, 0) is 17.5 Å². The standard InChI is InChI=1S/C16H15N3O2S2.Na.H/c20-14(21)6-12-8-22-15(17-12)18-16-19-7-11-4-2-1-3-10(11)5-13(19)9-23-16;;/h1-4,8,13H,5-7,9H2,(H,20,21);;/b18-16-;;/t13-;;/m0../s1. The number of aliphatic imine (C=N–C) groups is 1. The Morgan fingerprint density at radius 1 is 1.38 bits per heavy atom. The molecule has 0 bridgehead atoms. The molecule has 0 saturated carbocycles. The second-order valence-electron chi connectivity index (χ2n) is 5.65. The first-order chi connectivity index (χ1) is 11.2. The summed E-state index contributed by atoms with van der Waals surface area (Å²) in [6.45, 7) is 0.889. The van der Waals surface area contributed by atoms with Crippen molar-refractivity contribution in [2.75, 3.05) is 5.75 Å². The van der Waals surface area contributed by atoms with E-state index >= 15 is 0 Å². The molecule has 8 heteroatoms. The van der Waals surface area contributed by atoms with Gasteiger partial charge in [-0.1, -0.05) is 36.0 Å². The zero-order chi connectivity index (χ0) is 15.8. The first-order valence-electron chi connectivity index (χ1n) is 7.40. The Morgan fingerprint density at radius 2 is 2.17 bits per heavy atom. The van der Waals surface area contributed by atoms with Crippen molar-refractivity contribution in [3.05, 3.63) is 46.5 Å². The first-order valence-corrected chi connectivity index (χ1v) is 9.26. The maximum absolute atomic E-state index is 10.7. The third-order valence-electron chi connectivity index (χ3n) is 4.07. The van der Waals surface area contributed by atoms with E-state index in [1.807, 2.05) is 0 Å². The number of carboxylic acids is 1. The van der Waals surface area contributed by atoms with E-state index in [1.165, 1.54) is 22.5 Å². The van der Waals surface area contributed by atoms with Crippen LogP contribution in [0.4, 0.5) is 5.13 Å². The topological polar surface area (TPSA) is 65.8 Å². The number of carbonyl (C=O) groups is 1. The van der Waals surface area contributed by atoms with E-state index in [9.17, 15) is 4.79 Å². The second kappa shape index (κ2) is 7.58. The molecule has 2 aliphatic rings. The Labute approximate surface area is 170 Å². The van der Waals surface area contributed by atoms with Gasteiger partial charge in [0.1, 0.15) is 0 Å². The Balaban J connectivity index is 0.00000169. The van der Waals surface area contributed by atoms with Crippen molar-refractivity contribution in [2.24, 2.45) is 4.99 Å². The predicted molar refractivity (Wildman–Crippen MR) is 99.6 cm³/mol. The van der Waals surface area contributed by atoms with E-state index in [0.29, 0.717) is 16.9 Å². The molecule has 5 nitrogen and oxygen atoms in total. The number of carboxylic acid groups (broad SMARTS) is 1. The van der Waals surface area contributed by atoms with Gasteiger partial charge in [-0.2, -0.15) is 4.99 Å². The molecular weight excluding hydrogens is 353 g/mol. The molecule has 1 atom stereocenters. The Morgan fingerprint density at radius 3 is 2.96 bits per heavy atom. The summed E-state index contributed by atoms with van der Waals surface area (Å²) in [6, 6.07) is 9.07. The number of thioether (sulfide) groups is 1. The molecule has 0 aliphatic carbocycles. The number of hydrogen-bond donors (Lipinski definition) is 1. The average Bonchev–Trinajstić information content (AvgIpc) is 3.12. The molecule has 1 aromatic heterocycles. The van der Waals surface area contributed by atoms with Gasteiger partial charge in [0.05, 0.1) is 12.1 Å². The van der Waals surface area contributed by atoms with Gasteiger partial charge in [-0.25, -0.2) is 4.98 Å². The second-order valence-corrected chi connectivity index (χ2v) is 7.48. The molecule has 24 heavy (non-hydrogen) atoms. The average molecular weight is 369 g/mol. The fraction of sp³-hybridized carbons (Fsp3) is 0.312. The first kappa shape index (κ1) is 17.9. The summed E-state index contributed by atoms with van der Waals surface area (Å²) in [5, 5.41) is 12.2. The van der Waals surface area contributed by atoms with Gasteiger partial charge in [0.2, 0.25) is 5.13 Å². The van der Waals surface area contributed by atoms with Crippen LogP contribution in [0.15, 0.2) is 34.6 Å². The van der Waals surface area contributed by atoms with Crippen molar-refractivity contribution in [2.45, 2.75) is 25.4 Å². The van der Waals surface area contributed by atoms with Crippen molar-refractivity contribution < 1.29 is 9.90 Å². The van der Waals surface area contributed by atoms with Crippen molar-refractivity contribution in [1.82, 2.24) is 9.88 Å². The Bertz CT molecular complexity index is 793. The van der Waals surface area contributed by atoms with Crippen molar-refractivity contribution >= 4 is 68.9 Å². The molecular formula is C16H16N3NaO2S2. The molecule has 1 aromatic carbocycles. The fourth-order valence-electron chi connectivity index (χ4n) is 2.98. The van der Waals surface area contributed by atoms with Crippen LogP contribution >= 0.6 is 23.1 Å². The number of aliphatic carboxylic acids is 1. The molecule has 1 saturated heterocycles. The van der Waals surface area contributed by atoms with Gasteiger partial charge in [0, 0.05) is 23.7 Å². The molecule has 1 N–H and O–H groups in total. The minimum atomic E-state index is -0.863. The number of amidine groups is 1. The van der Waals surface area contributed by atoms with Gasteiger partial charge < -0.3 is 10.0 Å². The SMILES string of the molecule is O=C(O)Cc1csc(/N=C2\SC[C@@H]3Cc4ccccc4CN23)n1.[NaH]. The number of aromatic nitrogens is 1. The number of hydrogen-bond acceptors (Lipinski definition) is 5. The molecule has 0 radical (unpaired) electrons. The van der Waals surface area contributed by atoms with Gasteiger partial charge in [-0.3, -0.25) is 4.79 Å². The number of fused-ring (bicyclic) bond motifs is 2. The zero-order valence-corrected chi connectivity index (χ0v) is 13.9. The molecule has 120 valence electrons. The fourth-order valence-corrected chi connectivity index (χ4v) is 4.89. The van der Waals surface area contributed by atoms with Crippen LogP contribution in [0.25, 0.3) is 0 Å². The van der Waals surface area contributed by atoms with E-state index in [0.717, 1.165) is 23.9 Å². The van der Waals surface area contributed by atoms with Crippen LogP contribution in [-0.4, -0.2) is 67.5 Å². The predicted octanol–water partition coefficient (Wildman–Crippen LogP) is 2.28. The Hall–Kier alpha value is -0.860. The number of nitrogens with zero attached hydrogens (tertiary/aromatic N) is 3. The van der Waals surface area contributed by atoms with Gasteiger partial charge in [0.25, 0.3) is 0 Å². The van der Waals surface area contributed by atoms with Crippen LogP contribution in [0.2, 0.25) is 0 Å². The van der Waals surface area contributed by atoms with E-state index < -0.39 is 5.97 Å². The molecule has 0 unspecified atom stereocenters. The quantitative estimate of drug-likeness (QED) is 0.841. The van der Waals surface area contributed by atoms with E-state index in [2.05, 4.69) is 39.1 Å². The molecule has 1 fully saturated rings. The maximum atomic E-state index is 10.7. The van der Waals surface area contributed by atoms with Crippen LogP contribution in [0, 0.1) is 0 Å². The molecule has 2 aromatic rings. The van der Waals surface area contributed by atoms with E-state index in [1.54, 1.807) is 17.1 Å². The number of rotatable bonds is 3. The summed E-state index contributed by atoms with van der Waals surface area (Å²) in [7, 11) is 0. The zero-order valence-electron chi connectivity index (χ0n) is 12.3. The minimum absolute atomic E-state index is 0. The summed E-state index contributed by atoms with van der Waals surface area (Å²) in [4.78, 5) is 22.1. The summed E-state index contributed by atoms with van der Waals surface area (Å²) < 4.78 is 0. The molecule has 0 amide bonds. The van der Waals surface area contributed by atoms with Crippen molar-refractivity contribution in [3.8, 4) is 0 Å². The van der Waals surface area contributed by atoms with Crippen LogP contribution in [0.1, 0.15) is 16.8 Å². The summed E-state index contributed by atoms with van der Waals surface area (Å²) in [6.07, 6.45) is 1.01. The summed E-state index contributed by atoms with van der Waals surface area (Å²) >= 11 is 3.16. The van der Waals surface area contributed by atoms with Crippen molar-refractivity contribution in [3.63, 3.8) is 0 Å². The number of benzene rings is 1. The van der Waals surface area contributed by atoms with Crippen LogP contribution in [0.3, 0.4) is 0 Å². The molecule has 2 aliphatic heterocycles. The van der Waals surface area contributed by atoms with Crippen LogP contribution < -0.4 is 0 Å². The molecule has 0 spiro atoms. The third-order valence-corrected chi connectivity index (χ3v) is 5.99. The molecule has 4 rings (SSSR count). The molecule has 3 heterocycles. The summed E-state index contributed by atoms with van der Waals surface area (Å²) in [5.74, 6) is 0.179. The van der Waals surface area contributed by atoms with Crippen LogP contribution in [-0.2, 0) is 24.2 Å². The van der Waals surface area contributed by atoms with E-state index in [4.69, 9.17) is 5.11 Å². The van der Waals surface area contributed by atoms with E-state index in [-0.39, 0.29) is 36.0 Å². The monoisotopic (exact) mass is 369 g/mol. The van der Waals surface area contributed by atoms with Gasteiger partial charge in [0.15, 0.2) is 5.17 Å². The summed E-state index contributed by atoms with van der Waals surface area (Å²) in [5.41, 5.74) is 3.38. The number of thiazole rings is 1. The van der Waals surface area contributed by atoms with Crippen LogP contribution in [0.5, 0.6) is 0 Å². The third kappa shape index (κ3) is 3.70. The van der Waals surface area contributed by atoms with Crippen molar-refractivity contribution in [1.29, 1.82) is 0 Å². The van der Waals surface area contributed by atoms with Gasteiger partial charge >= 0.3 is 35.5 Å². The van der Waals surface area contributed by atoms with Gasteiger partial charge in [-0.15, -0.1) is 11.3 Å². The normalized spacial score (nSPS) is 20.4. The Kier molecular flexibility index (Phi) is 5.66.